The molecule has 0 saturated carbocycles. The highest BCUT2D eigenvalue weighted by Crippen LogP contribution is 2.27. The van der Waals surface area contributed by atoms with Gasteiger partial charge in [-0.15, -0.1) is 0 Å². The minimum absolute atomic E-state index is 0.130. The summed E-state index contributed by atoms with van der Waals surface area (Å²) in [6, 6.07) is 14.9. The number of hydrogen-bond acceptors (Lipinski definition) is 7. The Balaban J connectivity index is 1.95. The number of ketones is 1. The van der Waals surface area contributed by atoms with Gasteiger partial charge < -0.3 is 19.3 Å². The number of carbonyl (C=O) groups excluding carboxylic acids is 1. The van der Waals surface area contributed by atoms with Gasteiger partial charge in [0, 0.05) is 43.5 Å². The van der Waals surface area contributed by atoms with Gasteiger partial charge in [0.15, 0.2) is 5.78 Å². The van der Waals surface area contributed by atoms with Crippen molar-refractivity contribution in [3.63, 3.8) is 0 Å². The van der Waals surface area contributed by atoms with Gasteiger partial charge in [0.05, 0.1) is 31.7 Å². The Kier molecular flexibility index (Phi) is 6.98. The Morgan fingerprint density at radius 3 is 2.59 bits per heavy atom. The van der Waals surface area contributed by atoms with Crippen molar-refractivity contribution in [2.24, 2.45) is 0 Å². The first-order chi connectivity index (χ1) is 16.4. The van der Waals surface area contributed by atoms with E-state index in [9.17, 15) is 9.59 Å². The first-order valence-electron chi connectivity index (χ1n) is 11.4. The molecule has 2 heterocycles. The summed E-state index contributed by atoms with van der Waals surface area (Å²) < 4.78 is 12.2. The summed E-state index contributed by atoms with van der Waals surface area (Å²) in [5.41, 5.74) is 3.48. The summed E-state index contributed by atoms with van der Waals surface area (Å²) in [5, 5.41) is 4.72. The molecule has 1 aliphatic rings. The second-order valence-corrected chi connectivity index (χ2v) is 8.23. The van der Waals surface area contributed by atoms with E-state index in [1.807, 2.05) is 55.3 Å². The molecule has 0 bridgehead atoms. The highest BCUT2D eigenvalue weighted by molar-refractivity contribution is 5.98. The predicted octanol–water partition coefficient (Wildman–Crippen LogP) is 3.40. The van der Waals surface area contributed by atoms with Crippen molar-refractivity contribution < 1.29 is 14.3 Å². The van der Waals surface area contributed by atoms with Crippen molar-refractivity contribution in [1.29, 1.82) is 0 Å². The summed E-state index contributed by atoms with van der Waals surface area (Å²) in [4.78, 5) is 30.2. The van der Waals surface area contributed by atoms with Crippen LogP contribution in [0.2, 0.25) is 0 Å². The number of Topliss-reactive ketones (excluding diaryl/α,β-unsaturated/α-hetero) is 1. The van der Waals surface area contributed by atoms with E-state index in [0.717, 1.165) is 24.3 Å². The number of methoxy groups -OCH3 is 1. The fourth-order valence-corrected chi connectivity index (χ4v) is 4.02. The van der Waals surface area contributed by atoms with Crippen LogP contribution in [0.15, 0.2) is 53.3 Å². The second-order valence-electron chi connectivity index (χ2n) is 8.23. The summed E-state index contributed by atoms with van der Waals surface area (Å²) in [6.07, 6.45) is 0. The molecule has 0 amide bonds. The molecule has 2 aromatic carbocycles. The minimum Gasteiger partial charge on any atom is -0.497 e. The zero-order chi connectivity index (χ0) is 24.2. The SMILES string of the molecule is CCN(C)c1cc(-c2cccc(OC)c2)nn(-c2cc(N3CCOCC3)ccc2C(C)=O)c1=O. The van der Waals surface area contributed by atoms with Gasteiger partial charge in [0.1, 0.15) is 11.4 Å². The van der Waals surface area contributed by atoms with Crippen molar-refractivity contribution in [2.45, 2.75) is 13.8 Å². The normalized spacial score (nSPS) is 13.6. The predicted molar refractivity (Wildman–Crippen MR) is 134 cm³/mol. The lowest BCUT2D eigenvalue weighted by Crippen LogP contribution is -2.36. The van der Waals surface area contributed by atoms with Crippen LogP contribution in [0.3, 0.4) is 0 Å². The number of carbonyl (C=O) groups is 1. The molecule has 0 radical (unpaired) electrons. The first-order valence-corrected chi connectivity index (χ1v) is 11.4. The molecule has 178 valence electrons. The number of nitrogens with zero attached hydrogens (tertiary/aromatic N) is 4. The summed E-state index contributed by atoms with van der Waals surface area (Å²) in [5.74, 6) is 0.565. The fourth-order valence-electron chi connectivity index (χ4n) is 4.02. The minimum atomic E-state index is -0.280. The molecule has 1 fully saturated rings. The number of anilines is 2. The summed E-state index contributed by atoms with van der Waals surface area (Å²) in [7, 11) is 3.48. The van der Waals surface area contributed by atoms with E-state index < -0.39 is 0 Å². The van der Waals surface area contributed by atoms with E-state index in [0.29, 0.717) is 48.1 Å². The molecule has 0 unspecified atom stereocenters. The van der Waals surface area contributed by atoms with E-state index >= 15 is 0 Å². The van der Waals surface area contributed by atoms with E-state index in [2.05, 4.69) is 4.90 Å². The van der Waals surface area contributed by atoms with Gasteiger partial charge in [-0.1, -0.05) is 12.1 Å². The molecule has 0 atom stereocenters. The lowest BCUT2D eigenvalue weighted by molar-refractivity contribution is 0.101. The van der Waals surface area contributed by atoms with Crippen LogP contribution in [0.5, 0.6) is 5.75 Å². The molecule has 0 N–H and O–H groups in total. The number of morpholine rings is 1. The Hall–Kier alpha value is -3.65. The highest BCUT2D eigenvalue weighted by atomic mass is 16.5. The van der Waals surface area contributed by atoms with Crippen molar-refractivity contribution in [2.75, 3.05) is 56.8 Å². The molecule has 0 spiro atoms. The third kappa shape index (κ3) is 4.68. The number of rotatable bonds is 7. The zero-order valence-corrected chi connectivity index (χ0v) is 20.1. The monoisotopic (exact) mass is 462 g/mol. The first kappa shape index (κ1) is 23.5. The lowest BCUT2D eigenvalue weighted by Gasteiger charge is -2.29. The third-order valence-corrected chi connectivity index (χ3v) is 6.11. The zero-order valence-electron chi connectivity index (χ0n) is 20.1. The molecule has 3 aromatic rings. The number of ether oxygens (including phenoxy) is 2. The Bertz CT molecular complexity index is 1250. The Labute approximate surface area is 199 Å². The van der Waals surface area contributed by atoms with Gasteiger partial charge in [-0.25, -0.2) is 0 Å². The Morgan fingerprint density at radius 2 is 1.91 bits per heavy atom. The molecule has 1 aliphatic heterocycles. The third-order valence-electron chi connectivity index (χ3n) is 6.11. The highest BCUT2D eigenvalue weighted by Gasteiger charge is 2.20. The van der Waals surface area contributed by atoms with Crippen LogP contribution in [0, 0.1) is 0 Å². The quantitative estimate of drug-likeness (QED) is 0.498. The number of aromatic nitrogens is 2. The Morgan fingerprint density at radius 1 is 1.15 bits per heavy atom. The van der Waals surface area contributed by atoms with Gasteiger partial charge in [-0.05, 0) is 50.2 Å². The maximum absolute atomic E-state index is 13.6. The summed E-state index contributed by atoms with van der Waals surface area (Å²) >= 11 is 0. The van der Waals surface area contributed by atoms with Crippen LogP contribution >= 0.6 is 0 Å². The number of hydrogen-bond donors (Lipinski definition) is 0. The van der Waals surface area contributed by atoms with E-state index in [1.165, 1.54) is 11.6 Å². The summed E-state index contributed by atoms with van der Waals surface area (Å²) in [6.45, 7) is 6.89. The van der Waals surface area contributed by atoms with Crippen molar-refractivity contribution in [1.82, 2.24) is 9.78 Å². The molecule has 1 saturated heterocycles. The van der Waals surface area contributed by atoms with Gasteiger partial charge in [-0.2, -0.15) is 9.78 Å². The van der Waals surface area contributed by atoms with E-state index in [1.54, 1.807) is 19.2 Å². The van der Waals surface area contributed by atoms with Crippen LogP contribution in [0.4, 0.5) is 11.4 Å². The topological polar surface area (TPSA) is 76.9 Å². The molecule has 8 heteroatoms. The maximum atomic E-state index is 13.6. The van der Waals surface area contributed by atoms with Gasteiger partial charge in [0.2, 0.25) is 0 Å². The van der Waals surface area contributed by atoms with Gasteiger partial charge in [0.25, 0.3) is 5.56 Å². The fraction of sp³-hybridized carbons (Fsp3) is 0.346. The van der Waals surface area contributed by atoms with Gasteiger partial charge >= 0.3 is 0 Å². The van der Waals surface area contributed by atoms with E-state index in [4.69, 9.17) is 14.6 Å². The van der Waals surface area contributed by atoms with Crippen LogP contribution in [-0.4, -0.2) is 62.6 Å². The molecular formula is C26H30N4O4. The smallest absolute Gasteiger partial charge is 0.295 e. The van der Waals surface area contributed by atoms with Crippen molar-refractivity contribution in [3.8, 4) is 22.7 Å². The van der Waals surface area contributed by atoms with Crippen molar-refractivity contribution >= 4 is 17.2 Å². The van der Waals surface area contributed by atoms with Crippen molar-refractivity contribution in [3.05, 3.63) is 64.4 Å². The maximum Gasteiger partial charge on any atom is 0.295 e. The molecule has 1 aromatic heterocycles. The standard InChI is InChI=1S/C26H30N4O4/c1-5-28(3)25-17-23(19-7-6-8-21(15-19)33-4)27-30(26(25)32)24-16-20(9-10-22(24)18(2)31)29-11-13-34-14-12-29/h6-10,15-17H,5,11-14H2,1-4H3. The molecule has 34 heavy (non-hydrogen) atoms. The van der Waals surface area contributed by atoms with Gasteiger partial charge in [-0.3, -0.25) is 9.59 Å². The number of benzene rings is 2. The second kappa shape index (κ2) is 10.1. The lowest BCUT2D eigenvalue weighted by atomic mass is 10.1. The molecule has 8 nitrogen and oxygen atoms in total. The average Bonchev–Trinajstić information content (AvgIpc) is 2.88. The molecular weight excluding hydrogens is 432 g/mol. The van der Waals surface area contributed by atoms with E-state index in [-0.39, 0.29) is 11.3 Å². The largest absolute Gasteiger partial charge is 0.497 e. The molecule has 4 rings (SSSR count). The average molecular weight is 463 g/mol. The van der Waals surface area contributed by atoms with Crippen LogP contribution in [0.25, 0.3) is 16.9 Å². The van der Waals surface area contributed by atoms with Crippen LogP contribution in [-0.2, 0) is 4.74 Å². The molecule has 0 aliphatic carbocycles. The van der Waals surface area contributed by atoms with Crippen LogP contribution in [0.1, 0.15) is 24.2 Å². The van der Waals surface area contributed by atoms with Crippen LogP contribution < -0.4 is 20.1 Å².